The van der Waals surface area contributed by atoms with Crippen LogP contribution < -0.4 is 5.73 Å². The highest BCUT2D eigenvalue weighted by Crippen LogP contribution is 2.45. The highest BCUT2D eigenvalue weighted by Gasteiger charge is 2.32. The van der Waals surface area contributed by atoms with Crippen molar-refractivity contribution in [2.45, 2.75) is 0 Å². The number of amides is 3. The van der Waals surface area contributed by atoms with Crippen LogP contribution >= 0.6 is 0 Å². The maximum atomic E-state index is 12.7. The molecule has 2 aliphatic rings. The number of nitrogens with two attached hydrogens (primary N) is 1. The van der Waals surface area contributed by atoms with E-state index in [-0.39, 0.29) is 11.7 Å². The molecule has 5 aromatic rings. The molecule has 6 nitrogen and oxygen atoms in total. The van der Waals surface area contributed by atoms with Gasteiger partial charge in [0.05, 0.1) is 5.56 Å². The third kappa shape index (κ3) is 1.72. The van der Waals surface area contributed by atoms with Crippen LogP contribution in [-0.2, 0) is 0 Å². The number of hydrogen-bond donors (Lipinski definition) is 1. The highest BCUT2D eigenvalue weighted by atomic mass is 16.2. The zero-order valence-corrected chi connectivity index (χ0v) is 15.9. The molecule has 2 aliphatic heterocycles. The molecule has 0 spiro atoms. The summed E-state index contributed by atoms with van der Waals surface area (Å²) in [6.07, 6.45) is 0. The molecule has 7 heteroatoms. The molecule has 0 unspecified atom stereocenters. The summed E-state index contributed by atoms with van der Waals surface area (Å²) in [7, 11) is 5.73. The minimum atomic E-state index is -0.521. The zero-order valence-electron chi connectivity index (χ0n) is 15.9. The fourth-order valence-electron chi connectivity index (χ4n) is 5.22. The van der Waals surface area contributed by atoms with Gasteiger partial charge in [-0.25, -0.2) is 0 Å². The number of nitrogens with zero attached hydrogens (tertiary/aromatic N) is 2. The topological polar surface area (TPSA) is 92.8 Å². The van der Waals surface area contributed by atoms with E-state index >= 15 is 0 Å². The van der Waals surface area contributed by atoms with Crippen LogP contribution in [0.2, 0.25) is 0 Å². The van der Waals surface area contributed by atoms with Crippen molar-refractivity contribution in [3.63, 3.8) is 0 Å². The molecule has 0 fully saturated rings. The Balaban J connectivity index is 1.80. The monoisotopic (exact) mass is 399 g/mol. The van der Waals surface area contributed by atoms with E-state index in [1.165, 1.54) is 0 Å². The fourth-order valence-corrected chi connectivity index (χ4v) is 5.22. The minimum Gasteiger partial charge on any atom is -0.383 e. The van der Waals surface area contributed by atoms with Gasteiger partial charge in [0.15, 0.2) is 0 Å². The van der Waals surface area contributed by atoms with Crippen molar-refractivity contribution in [1.82, 2.24) is 4.81 Å². The molecule has 0 saturated carbocycles. The van der Waals surface area contributed by atoms with Crippen LogP contribution in [0, 0.1) is 0 Å². The summed E-state index contributed by atoms with van der Waals surface area (Å²) < 4.78 is 0. The van der Waals surface area contributed by atoms with Gasteiger partial charge in [-0.2, -0.15) is 4.99 Å². The second kappa shape index (κ2) is 5.07. The standard InChI is InChI=1S/C24H10BN3O3/c25-28-23(30)15-7-3-11-9-1-5-13-19-14(22(29)27-21(13)26)6-2-10(17(9)19)12-4-8-16(24(28)31)20(15)18(11)12/h1-8H,(H2,26,27,29). The summed E-state index contributed by atoms with van der Waals surface area (Å²) in [5.74, 6) is -1.20. The van der Waals surface area contributed by atoms with Crippen LogP contribution in [-0.4, -0.2) is 36.3 Å². The van der Waals surface area contributed by atoms with E-state index in [1.54, 1.807) is 18.2 Å². The number of imide groups is 1. The first-order valence-corrected chi connectivity index (χ1v) is 9.70. The van der Waals surface area contributed by atoms with E-state index in [0.717, 1.165) is 43.3 Å². The molecule has 0 aromatic heterocycles. The lowest BCUT2D eigenvalue weighted by molar-refractivity contribution is 0.0726. The van der Waals surface area contributed by atoms with Crippen molar-refractivity contribution < 1.29 is 14.4 Å². The lowest BCUT2D eigenvalue weighted by atomic mass is 9.82. The van der Waals surface area contributed by atoms with Crippen LogP contribution in [0.25, 0.3) is 43.1 Å². The Kier molecular flexibility index (Phi) is 2.71. The maximum absolute atomic E-state index is 12.7. The summed E-state index contributed by atoms with van der Waals surface area (Å²) in [4.78, 5) is 42.6. The normalized spacial score (nSPS) is 15.7. The van der Waals surface area contributed by atoms with E-state index in [9.17, 15) is 14.4 Å². The van der Waals surface area contributed by atoms with E-state index in [0.29, 0.717) is 26.9 Å². The quantitative estimate of drug-likeness (QED) is 0.187. The average molecular weight is 399 g/mol. The zero-order chi connectivity index (χ0) is 21.2. The number of benzene rings is 5. The summed E-state index contributed by atoms with van der Waals surface area (Å²) in [6, 6.07) is 14.7. The molecule has 0 saturated heterocycles. The summed E-state index contributed by atoms with van der Waals surface area (Å²) >= 11 is 0. The van der Waals surface area contributed by atoms with E-state index in [1.807, 2.05) is 30.3 Å². The van der Waals surface area contributed by atoms with E-state index in [4.69, 9.17) is 13.7 Å². The first-order chi connectivity index (χ1) is 15.0. The Bertz CT molecular complexity index is 1700. The van der Waals surface area contributed by atoms with Crippen LogP contribution in [0.1, 0.15) is 36.6 Å². The smallest absolute Gasteiger partial charge is 0.279 e. The molecule has 7 rings (SSSR count). The molecule has 2 N–H and O–H groups in total. The number of fused-ring (bicyclic) bond motifs is 2. The fraction of sp³-hybridized carbons (Fsp3) is 0. The van der Waals surface area contributed by atoms with Gasteiger partial charge >= 0.3 is 0 Å². The van der Waals surface area contributed by atoms with Gasteiger partial charge in [-0.3, -0.25) is 14.4 Å². The van der Waals surface area contributed by atoms with Gasteiger partial charge in [0.2, 0.25) is 19.8 Å². The SMILES string of the molecule is [B]N1C(=O)c2ccc3c4ccc5c6c(ccc(c7ccc(c2c37)C1=O)c64)C(N)=NC5=O. The third-order valence-electron chi connectivity index (χ3n) is 6.53. The molecule has 142 valence electrons. The second-order valence-corrected chi connectivity index (χ2v) is 7.93. The molecule has 31 heavy (non-hydrogen) atoms. The van der Waals surface area contributed by atoms with Crippen LogP contribution in [0.4, 0.5) is 0 Å². The lowest BCUT2D eigenvalue weighted by Gasteiger charge is -2.26. The van der Waals surface area contributed by atoms with Crippen molar-refractivity contribution in [1.29, 1.82) is 0 Å². The highest BCUT2D eigenvalue weighted by molar-refractivity contribution is 6.43. The van der Waals surface area contributed by atoms with Gasteiger partial charge in [-0.05, 0) is 56.6 Å². The molecular formula is C24H10BN3O3. The van der Waals surface area contributed by atoms with Crippen molar-refractivity contribution in [2.75, 3.05) is 0 Å². The predicted octanol–water partition coefficient (Wildman–Crippen LogP) is 3.28. The lowest BCUT2D eigenvalue weighted by Crippen LogP contribution is -2.38. The maximum Gasteiger partial charge on any atom is 0.279 e. The Morgan fingerprint density at radius 3 is 1.55 bits per heavy atom. The number of carbonyl (C=O) groups is 3. The van der Waals surface area contributed by atoms with Crippen LogP contribution in [0.3, 0.4) is 0 Å². The molecule has 0 aliphatic carbocycles. The minimum absolute atomic E-state index is 0.205. The van der Waals surface area contributed by atoms with Gasteiger partial charge < -0.3 is 10.5 Å². The predicted molar refractivity (Wildman–Crippen MR) is 119 cm³/mol. The average Bonchev–Trinajstić information content (AvgIpc) is 2.78. The number of rotatable bonds is 0. The van der Waals surface area contributed by atoms with Crippen molar-refractivity contribution in [3.8, 4) is 0 Å². The van der Waals surface area contributed by atoms with Crippen molar-refractivity contribution >= 4 is 74.6 Å². The molecule has 2 heterocycles. The number of amidine groups is 1. The van der Waals surface area contributed by atoms with Crippen molar-refractivity contribution in [2.24, 2.45) is 10.7 Å². The Morgan fingerprint density at radius 2 is 1.03 bits per heavy atom. The first kappa shape index (κ1) is 16.5. The molecule has 2 radical (unpaired) electrons. The number of aliphatic imine (C=N–C) groups is 1. The third-order valence-corrected chi connectivity index (χ3v) is 6.53. The van der Waals surface area contributed by atoms with Gasteiger partial charge in [0.1, 0.15) is 5.84 Å². The Hall–Kier alpha value is -4.26. The number of hydrogen-bond acceptors (Lipinski definition) is 4. The first-order valence-electron chi connectivity index (χ1n) is 9.70. The van der Waals surface area contributed by atoms with E-state index < -0.39 is 11.8 Å². The van der Waals surface area contributed by atoms with Gasteiger partial charge in [-0.15, -0.1) is 0 Å². The number of carbonyl (C=O) groups excluding carboxylic acids is 3. The van der Waals surface area contributed by atoms with Gasteiger partial charge in [0.25, 0.3) is 5.91 Å². The second-order valence-electron chi connectivity index (χ2n) is 7.93. The van der Waals surface area contributed by atoms with Crippen LogP contribution in [0.15, 0.2) is 53.5 Å². The molecule has 0 bridgehead atoms. The molecule has 3 amide bonds. The van der Waals surface area contributed by atoms with Gasteiger partial charge in [0, 0.05) is 27.5 Å². The molecular weight excluding hydrogens is 389 g/mol. The summed E-state index contributed by atoms with van der Waals surface area (Å²) in [5, 5.41) is 6.79. The summed E-state index contributed by atoms with van der Waals surface area (Å²) in [6.45, 7) is 0. The summed E-state index contributed by atoms with van der Waals surface area (Å²) in [5.41, 5.74) is 8.12. The van der Waals surface area contributed by atoms with Crippen LogP contribution in [0.5, 0.6) is 0 Å². The van der Waals surface area contributed by atoms with Gasteiger partial charge in [-0.1, -0.05) is 24.3 Å². The molecule has 5 aromatic carbocycles. The largest absolute Gasteiger partial charge is 0.383 e. The Morgan fingerprint density at radius 1 is 0.613 bits per heavy atom. The molecule has 0 atom stereocenters. The van der Waals surface area contributed by atoms with E-state index in [2.05, 4.69) is 4.99 Å². The van der Waals surface area contributed by atoms with Crippen molar-refractivity contribution in [3.05, 3.63) is 70.8 Å². The Labute approximate surface area is 175 Å².